The first kappa shape index (κ1) is 21.2. The van der Waals surface area contributed by atoms with Crippen molar-refractivity contribution in [3.05, 3.63) is 53.6 Å². The number of hydrogen-bond donors (Lipinski definition) is 0. The van der Waals surface area contributed by atoms with Gasteiger partial charge in [0.05, 0.1) is 11.1 Å². The van der Waals surface area contributed by atoms with E-state index in [-0.39, 0.29) is 17.7 Å². The highest BCUT2D eigenvalue weighted by Crippen LogP contribution is 2.34. The van der Waals surface area contributed by atoms with E-state index >= 15 is 0 Å². The molecule has 0 aromatic heterocycles. The number of carbonyl (C=O) groups is 3. The number of thioether (sulfide) groups is 1. The molecule has 2 aliphatic rings. The second kappa shape index (κ2) is 9.43. The van der Waals surface area contributed by atoms with Crippen LogP contribution in [0.15, 0.2) is 47.4 Å². The molecule has 0 bridgehead atoms. The van der Waals surface area contributed by atoms with E-state index in [0.717, 1.165) is 16.4 Å². The maximum atomic E-state index is 12.4. The van der Waals surface area contributed by atoms with E-state index < -0.39 is 0 Å². The SMILES string of the molecule is CN(CCCN1C(=O)c2ccccc2C1=O)C(=O)CCSc1ccc2c(c1)OCCO2. The lowest BCUT2D eigenvalue weighted by molar-refractivity contribution is -0.129. The van der Waals surface area contributed by atoms with Crippen LogP contribution in [0.5, 0.6) is 11.5 Å². The first-order chi connectivity index (χ1) is 15.0. The van der Waals surface area contributed by atoms with Crippen LogP contribution in [0.1, 0.15) is 33.6 Å². The Bertz CT molecular complexity index is 974. The van der Waals surface area contributed by atoms with Crippen LogP contribution in [-0.4, -0.2) is 66.6 Å². The first-order valence-corrected chi connectivity index (χ1v) is 11.2. The van der Waals surface area contributed by atoms with Gasteiger partial charge in [-0.15, -0.1) is 11.8 Å². The Labute approximate surface area is 185 Å². The van der Waals surface area contributed by atoms with Crippen molar-refractivity contribution in [3.8, 4) is 11.5 Å². The summed E-state index contributed by atoms with van der Waals surface area (Å²) in [5, 5.41) is 0. The summed E-state index contributed by atoms with van der Waals surface area (Å²) in [6, 6.07) is 12.6. The third-order valence-electron chi connectivity index (χ3n) is 5.28. The van der Waals surface area contributed by atoms with Gasteiger partial charge in [0.25, 0.3) is 11.8 Å². The van der Waals surface area contributed by atoms with E-state index in [0.29, 0.717) is 56.0 Å². The number of amides is 3. The van der Waals surface area contributed by atoms with Crippen molar-refractivity contribution in [2.24, 2.45) is 0 Å². The predicted molar refractivity (Wildman–Crippen MR) is 117 cm³/mol. The zero-order valence-electron chi connectivity index (χ0n) is 17.3. The molecule has 0 aliphatic carbocycles. The zero-order valence-corrected chi connectivity index (χ0v) is 18.2. The number of ether oxygens (including phenoxy) is 2. The van der Waals surface area contributed by atoms with E-state index in [1.807, 2.05) is 18.2 Å². The third kappa shape index (κ3) is 4.69. The molecule has 0 spiro atoms. The van der Waals surface area contributed by atoms with Crippen LogP contribution in [0.2, 0.25) is 0 Å². The number of fused-ring (bicyclic) bond motifs is 2. The van der Waals surface area contributed by atoms with Gasteiger partial charge in [0, 0.05) is 37.2 Å². The van der Waals surface area contributed by atoms with Crippen LogP contribution in [0.4, 0.5) is 0 Å². The molecule has 7 nitrogen and oxygen atoms in total. The third-order valence-corrected chi connectivity index (χ3v) is 6.27. The predicted octanol–water partition coefficient (Wildman–Crippen LogP) is 3.08. The summed E-state index contributed by atoms with van der Waals surface area (Å²) in [4.78, 5) is 41.1. The van der Waals surface area contributed by atoms with Crippen LogP contribution in [0.3, 0.4) is 0 Å². The molecule has 3 amide bonds. The zero-order chi connectivity index (χ0) is 21.8. The van der Waals surface area contributed by atoms with Crippen molar-refractivity contribution in [1.29, 1.82) is 0 Å². The molecule has 8 heteroatoms. The molecule has 31 heavy (non-hydrogen) atoms. The topological polar surface area (TPSA) is 76.2 Å². The number of rotatable bonds is 8. The van der Waals surface area contributed by atoms with Crippen LogP contribution < -0.4 is 9.47 Å². The molecule has 0 fully saturated rings. The fourth-order valence-electron chi connectivity index (χ4n) is 3.59. The maximum Gasteiger partial charge on any atom is 0.261 e. The second-order valence-electron chi connectivity index (χ2n) is 7.38. The van der Waals surface area contributed by atoms with Gasteiger partial charge in [-0.1, -0.05) is 12.1 Å². The average molecular weight is 441 g/mol. The summed E-state index contributed by atoms with van der Waals surface area (Å²) >= 11 is 1.60. The Morgan fingerprint density at radius 1 is 1.03 bits per heavy atom. The lowest BCUT2D eigenvalue weighted by atomic mass is 10.1. The normalized spacial score (nSPS) is 14.5. The minimum absolute atomic E-state index is 0.0346. The summed E-state index contributed by atoms with van der Waals surface area (Å²) in [5.74, 6) is 1.67. The van der Waals surface area contributed by atoms with Gasteiger partial charge in [-0.05, 0) is 36.8 Å². The van der Waals surface area contributed by atoms with Gasteiger partial charge < -0.3 is 14.4 Å². The van der Waals surface area contributed by atoms with Gasteiger partial charge in [0.2, 0.25) is 5.91 Å². The number of carbonyl (C=O) groups excluding carboxylic acids is 3. The molecule has 4 rings (SSSR count). The summed E-state index contributed by atoms with van der Waals surface area (Å²) in [6.07, 6.45) is 0.950. The summed E-state index contributed by atoms with van der Waals surface area (Å²) in [6.45, 7) is 1.90. The molecular weight excluding hydrogens is 416 g/mol. The monoisotopic (exact) mass is 440 g/mol. The Hall–Kier alpha value is -3.00. The fraction of sp³-hybridized carbons (Fsp3) is 0.348. The number of nitrogens with zero attached hydrogens (tertiary/aromatic N) is 2. The molecule has 0 N–H and O–H groups in total. The average Bonchev–Trinajstić information content (AvgIpc) is 3.04. The quantitative estimate of drug-likeness (QED) is 0.464. The molecule has 0 saturated carbocycles. The van der Waals surface area contributed by atoms with Gasteiger partial charge in [0.15, 0.2) is 11.5 Å². The molecule has 2 aromatic carbocycles. The van der Waals surface area contributed by atoms with E-state index in [1.165, 1.54) is 4.90 Å². The van der Waals surface area contributed by atoms with E-state index in [2.05, 4.69) is 0 Å². The number of hydrogen-bond acceptors (Lipinski definition) is 6. The van der Waals surface area contributed by atoms with Gasteiger partial charge in [0.1, 0.15) is 13.2 Å². The highest BCUT2D eigenvalue weighted by molar-refractivity contribution is 7.99. The number of benzene rings is 2. The van der Waals surface area contributed by atoms with E-state index in [1.54, 1.807) is 48.0 Å². The second-order valence-corrected chi connectivity index (χ2v) is 8.55. The lowest BCUT2D eigenvalue weighted by Crippen LogP contribution is -2.34. The molecule has 0 unspecified atom stereocenters. The van der Waals surface area contributed by atoms with Crippen molar-refractivity contribution < 1.29 is 23.9 Å². The summed E-state index contributed by atoms with van der Waals surface area (Å²) in [7, 11) is 1.75. The summed E-state index contributed by atoms with van der Waals surface area (Å²) in [5.41, 5.74) is 0.904. The minimum atomic E-state index is -0.259. The fourth-order valence-corrected chi connectivity index (χ4v) is 4.46. The van der Waals surface area contributed by atoms with Crippen molar-refractivity contribution in [3.63, 3.8) is 0 Å². The molecule has 0 saturated heterocycles. The largest absolute Gasteiger partial charge is 0.486 e. The van der Waals surface area contributed by atoms with Crippen LogP contribution in [-0.2, 0) is 4.79 Å². The summed E-state index contributed by atoms with van der Waals surface area (Å²) < 4.78 is 11.1. The highest BCUT2D eigenvalue weighted by atomic mass is 32.2. The number of imide groups is 1. The molecule has 2 heterocycles. The standard InChI is InChI=1S/C23H24N2O5S/c1-24(10-4-11-25-22(27)17-5-2-3-6-18(17)23(25)28)21(26)9-14-31-16-7-8-19-20(15-16)30-13-12-29-19/h2-3,5-8,15H,4,9-14H2,1H3. The Morgan fingerprint density at radius 2 is 1.71 bits per heavy atom. The van der Waals surface area contributed by atoms with Gasteiger partial charge in [-0.25, -0.2) is 0 Å². The van der Waals surface area contributed by atoms with Crippen molar-refractivity contribution >= 4 is 29.5 Å². The molecule has 162 valence electrons. The lowest BCUT2D eigenvalue weighted by Gasteiger charge is -2.20. The van der Waals surface area contributed by atoms with Crippen LogP contribution >= 0.6 is 11.8 Å². The molecule has 2 aliphatic heterocycles. The van der Waals surface area contributed by atoms with Gasteiger partial charge >= 0.3 is 0 Å². The molecule has 0 atom stereocenters. The molecule has 2 aromatic rings. The van der Waals surface area contributed by atoms with Crippen molar-refractivity contribution in [1.82, 2.24) is 9.80 Å². The van der Waals surface area contributed by atoms with Crippen molar-refractivity contribution in [2.75, 3.05) is 39.1 Å². The van der Waals surface area contributed by atoms with Crippen molar-refractivity contribution in [2.45, 2.75) is 17.7 Å². The van der Waals surface area contributed by atoms with Crippen LogP contribution in [0.25, 0.3) is 0 Å². The van der Waals surface area contributed by atoms with Crippen LogP contribution in [0, 0.1) is 0 Å². The molecule has 0 radical (unpaired) electrons. The Balaban J connectivity index is 1.19. The minimum Gasteiger partial charge on any atom is -0.486 e. The smallest absolute Gasteiger partial charge is 0.261 e. The van der Waals surface area contributed by atoms with E-state index in [4.69, 9.17) is 9.47 Å². The first-order valence-electron chi connectivity index (χ1n) is 10.3. The van der Waals surface area contributed by atoms with Gasteiger partial charge in [-0.3, -0.25) is 19.3 Å². The Kier molecular flexibility index (Phi) is 6.46. The highest BCUT2D eigenvalue weighted by Gasteiger charge is 2.34. The molecular formula is C23H24N2O5S. The maximum absolute atomic E-state index is 12.4. The van der Waals surface area contributed by atoms with E-state index in [9.17, 15) is 14.4 Å². The Morgan fingerprint density at radius 3 is 2.42 bits per heavy atom. The van der Waals surface area contributed by atoms with Gasteiger partial charge in [-0.2, -0.15) is 0 Å².